The van der Waals surface area contributed by atoms with E-state index in [1.807, 2.05) is 0 Å². The number of hydrogen-bond donors (Lipinski definition) is 4. The molecule has 0 heterocycles. The zero-order chi connectivity index (χ0) is 10.3. The Morgan fingerprint density at radius 2 is 1.69 bits per heavy atom. The Balaban J connectivity index is 3.88. The summed E-state index contributed by atoms with van der Waals surface area (Å²) in [4.78, 5) is 0. The number of aliphatic hydroxyl groups excluding tert-OH is 3. The molecule has 0 spiro atoms. The van der Waals surface area contributed by atoms with Gasteiger partial charge in [0, 0.05) is 12.3 Å². The normalized spacial score (nSPS) is 14.5. The predicted octanol–water partition coefficient (Wildman–Crippen LogP) is -2.83. The molecule has 0 aromatic heterocycles. The van der Waals surface area contributed by atoms with Gasteiger partial charge in [0.1, 0.15) is 0 Å². The molecule has 1 unspecified atom stereocenters. The maximum absolute atomic E-state index is 10.1. The minimum absolute atomic E-state index is 0.0811. The smallest absolute Gasteiger partial charge is 0.0881 e. The highest BCUT2D eigenvalue weighted by Gasteiger charge is 2.26. The summed E-state index contributed by atoms with van der Waals surface area (Å²) in [6, 6.07) is 0. The third-order valence-corrected chi connectivity index (χ3v) is 2.21. The van der Waals surface area contributed by atoms with Gasteiger partial charge in [0.2, 0.25) is 0 Å². The molecule has 80 valence electrons. The van der Waals surface area contributed by atoms with E-state index >= 15 is 0 Å². The van der Waals surface area contributed by atoms with Crippen molar-refractivity contribution >= 4 is 11.1 Å². The van der Waals surface area contributed by atoms with E-state index in [-0.39, 0.29) is 12.3 Å². The van der Waals surface area contributed by atoms with Crippen molar-refractivity contribution in [2.45, 2.75) is 5.54 Å². The standard InChI is InChI=1S/C6H15NO5S/c8-3-6(4-9,5-10)7-1-2-13(11)12/h7-10H,1-5H2,(H,11,12)/p-1. The summed E-state index contributed by atoms with van der Waals surface area (Å²) in [5, 5.41) is 29.0. The summed E-state index contributed by atoms with van der Waals surface area (Å²) in [6.45, 7) is -1.28. The molecule has 0 saturated heterocycles. The fraction of sp³-hybridized carbons (Fsp3) is 1.00. The Hall–Kier alpha value is -0.0500. The first-order valence-electron chi connectivity index (χ1n) is 3.73. The highest BCUT2D eigenvalue weighted by molar-refractivity contribution is 7.79. The Morgan fingerprint density at radius 1 is 1.23 bits per heavy atom. The Labute approximate surface area is 78.9 Å². The lowest BCUT2D eigenvalue weighted by Gasteiger charge is -2.28. The highest BCUT2D eigenvalue weighted by Crippen LogP contribution is 2.00. The van der Waals surface area contributed by atoms with Crippen LogP contribution in [0.4, 0.5) is 0 Å². The van der Waals surface area contributed by atoms with Crippen LogP contribution in [-0.4, -0.2) is 61.7 Å². The summed E-state index contributed by atoms with van der Waals surface area (Å²) >= 11 is -2.16. The van der Waals surface area contributed by atoms with Crippen molar-refractivity contribution in [2.24, 2.45) is 0 Å². The molecular formula is C6H14NO5S-. The highest BCUT2D eigenvalue weighted by atomic mass is 32.2. The lowest BCUT2D eigenvalue weighted by Crippen LogP contribution is -2.55. The van der Waals surface area contributed by atoms with E-state index < -0.39 is 36.4 Å². The van der Waals surface area contributed by atoms with Gasteiger partial charge in [0.15, 0.2) is 0 Å². The summed E-state index contributed by atoms with van der Waals surface area (Å²) in [5.41, 5.74) is -1.20. The minimum atomic E-state index is -2.16. The third-order valence-electron chi connectivity index (χ3n) is 1.68. The topological polar surface area (TPSA) is 113 Å². The first-order valence-corrected chi connectivity index (χ1v) is 4.98. The molecule has 0 aliphatic carbocycles. The maximum atomic E-state index is 10.1. The number of aliphatic hydroxyl groups is 3. The molecule has 0 saturated carbocycles. The van der Waals surface area contributed by atoms with Crippen LogP contribution in [0, 0.1) is 0 Å². The van der Waals surface area contributed by atoms with Crippen LogP contribution in [0.2, 0.25) is 0 Å². The van der Waals surface area contributed by atoms with Crippen molar-refractivity contribution in [3.63, 3.8) is 0 Å². The summed E-state index contributed by atoms with van der Waals surface area (Å²) in [7, 11) is 0. The van der Waals surface area contributed by atoms with Crippen molar-refractivity contribution in [3.8, 4) is 0 Å². The molecule has 0 aromatic carbocycles. The van der Waals surface area contributed by atoms with Crippen LogP contribution in [0.5, 0.6) is 0 Å². The van der Waals surface area contributed by atoms with Gasteiger partial charge in [0.05, 0.1) is 25.4 Å². The third kappa shape index (κ3) is 4.65. The molecule has 0 radical (unpaired) electrons. The number of nitrogens with one attached hydrogen (secondary N) is 1. The SMILES string of the molecule is O=S([O-])CCNC(CO)(CO)CO. The fourth-order valence-corrected chi connectivity index (χ4v) is 0.986. The molecule has 7 heteroatoms. The van der Waals surface area contributed by atoms with E-state index in [9.17, 15) is 8.76 Å². The second-order valence-electron chi connectivity index (χ2n) is 2.69. The van der Waals surface area contributed by atoms with Gasteiger partial charge in [-0.15, -0.1) is 0 Å². The van der Waals surface area contributed by atoms with Crippen LogP contribution < -0.4 is 5.32 Å². The Morgan fingerprint density at radius 3 is 2.00 bits per heavy atom. The summed E-state index contributed by atoms with van der Waals surface area (Å²) in [5.74, 6) is -0.123. The Bertz CT molecular complexity index is 153. The maximum Gasteiger partial charge on any atom is 0.0881 e. The molecule has 0 aliphatic heterocycles. The van der Waals surface area contributed by atoms with Crippen LogP contribution in [-0.2, 0) is 11.1 Å². The molecule has 1 atom stereocenters. The number of rotatable bonds is 7. The van der Waals surface area contributed by atoms with E-state index in [2.05, 4.69) is 5.32 Å². The first-order chi connectivity index (χ1) is 6.10. The second kappa shape index (κ2) is 6.41. The molecule has 6 nitrogen and oxygen atoms in total. The molecule has 0 rings (SSSR count). The van der Waals surface area contributed by atoms with Crippen LogP contribution in [0.3, 0.4) is 0 Å². The Kier molecular flexibility index (Phi) is 6.39. The lowest BCUT2D eigenvalue weighted by atomic mass is 10.0. The molecule has 4 N–H and O–H groups in total. The van der Waals surface area contributed by atoms with Crippen molar-refractivity contribution in [2.75, 3.05) is 32.1 Å². The molecule has 0 aliphatic rings. The average Bonchev–Trinajstić information content (AvgIpc) is 2.13. The molecule has 0 fully saturated rings. The van der Waals surface area contributed by atoms with Crippen molar-refractivity contribution in [1.29, 1.82) is 0 Å². The predicted molar refractivity (Wildman–Crippen MR) is 45.8 cm³/mol. The van der Waals surface area contributed by atoms with Crippen molar-refractivity contribution < 1.29 is 24.1 Å². The van der Waals surface area contributed by atoms with E-state index in [1.165, 1.54) is 0 Å². The van der Waals surface area contributed by atoms with Crippen molar-refractivity contribution in [1.82, 2.24) is 5.32 Å². The average molecular weight is 212 g/mol. The summed E-state index contributed by atoms with van der Waals surface area (Å²) in [6.07, 6.45) is 0. The van der Waals surface area contributed by atoms with Crippen LogP contribution >= 0.6 is 0 Å². The first kappa shape index (κ1) is 12.9. The van der Waals surface area contributed by atoms with Gasteiger partial charge in [-0.05, 0) is 0 Å². The van der Waals surface area contributed by atoms with E-state index in [0.29, 0.717) is 0 Å². The van der Waals surface area contributed by atoms with Crippen molar-refractivity contribution in [3.05, 3.63) is 0 Å². The monoisotopic (exact) mass is 212 g/mol. The van der Waals surface area contributed by atoms with E-state index in [4.69, 9.17) is 15.3 Å². The van der Waals surface area contributed by atoms with Crippen LogP contribution in [0.25, 0.3) is 0 Å². The number of hydrogen-bond acceptors (Lipinski definition) is 6. The molecule has 0 amide bonds. The van der Waals surface area contributed by atoms with E-state index in [1.54, 1.807) is 0 Å². The van der Waals surface area contributed by atoms with Gasteiger partial charge in [-0.1, -0.05) is 11.1 Å². The van der Waals surface area contributed by atoms with Gasteiger partial charge in [-0.3, -0.25) is 4.21 Å². The van der Waals surface area contributed by atoms with Gasteiger partial charge < -0.3 is 25.2 Å². The lowest BCUT2D eigenvalue weighted by molar-refractivity contribution is 0.0440. The van der Waals surface area contributed by atoms with Crippen LogP contribution in [0.1, 0.15) is 0 Å². The summed E-state index contributed by atoms with van der Waals surface area (Å²) < 4.78 is 20.2. The minimum Gasteiger partial charge on any atom is -0.772 e. The molecule has 0 bridgehead atoms. The van der Waals surface area contributed by atoms with Gasteiger partial charge in [-0.25, -0.2) is 0 Å². The molecular weight excluding hydrogens is 198 g/mol. The second-order valence-corrected chi connectivity index (χ2v) is 3.71. The van der Waals surface area contributed by atoms with Gasteiger partial charge in [-0.2, -0.15) is 0 Å². The zero-order valence-corrected chi connectivity index (χ0v) is 7.92. The van der Waals surface area contributed by atoms with Gasteiger partial charge >= 0.3 is 0 Å². The van der Waals surface area contributed by atoms with E-state index in [0.717, 1.165) is 0 Å². The van der Waals surface area contributed by atoms with Crippen LogP contribution in [0.15, 0.2) is 0 Å². The van der Waals surface area contributed by atoms with Gasteiger partial charge in [0.25, 0.3) is 0 Å². The zero-order valence-electron chi connectivity index (χ0n) is 7.10. The molecule has 0 aromatic rings. The fourth-order valence-electron chi connectivity index (χ4n) is 0.717. The largest absolute Gasteiger partial charge is 0.772 e. The molecule has 13 heavy (non-hydrogen) atoms. The quantitative estimate of drug-likeness (QED) is 0.338.